The van der Waals surface area contributed by atoms with E-state index in [-0.39, 0.29) is 21.7 Å². The van der Waals surface area contributed by atoms with Crippen molar-refractivity contribution < 1.29 is 0 Å². The van der Waals surface area contributed by atoms with E-state index in [0.717, 1.165) is 6.42 Å². The molecule has 0 radical (unpaired) electrons. The van der Waals surface area contributed by atoms with Gasteiger partial charge in [-0.05, 0) is 122 Å². The van der Waals surface area contributed by atoms with Crippen molar-refractivity contribution in [2.24, 2.45) is 45.3 Å². The van der Waals surface area contributed by atoms with Crippen molar-refractivity contribution in [3.05, 3.63) is 106 Å². The van der Waals surface area contributed by atoms with Crippen LogP contribution in [0.5, 0.6) is 0 Å². The van der Waals surface area contributed by atoms with E-state index in [1.54, 1.807) is 5.57 Å². The van der Waals surface area contributed by atoms with E-state index in [1.807, 2.05) is 0 Å². The zero-order valence-corrected chi connectivity index (χ0v) is 34.0. The molecular weight excluding hydrogens is 553 g/mol. The standard InChI is InChI=1S/C46H74/c1-22-23-38(25-27-39(30(2)3)33(7)28-35(9)43(12,13)14)45(18,19)46(20,21)42-32(6)24-26-40(37(42)11)41(31(4)5)34(8)29-36(10)44(15,16)17/h22,24-29,35,37-38,40H,1,10,23H2,2-9,11-21H3/b27-25+,33-28-,34-29-. The molecule has 0 spiro atoms. The first kappa shape index (κ1) is 41.7. The molecule has 4 atom stereocenters. The Bertz CT molecular complexity index is 1320. The highest BCUT2D eigenvalue weighted by atomic mass is 14.5. The molecule has 0 bridgehead atoms. The third kappa shape index (κ3) is 9.84. The van der Waals surface area contributed by atoms with E-state index in [4.69, 9.17) is 0 Å². The Kier molecular flexibility index (Phi) is 14.2. The van der Waals surface area contributed by atoms with Gasteiger partial charge in [-0.3, -0.25) is 0 Å². The third-order valence-electron chi connectivity index (χ3n) is 11.6. The molecule has 0 aliphatic heterocycles. The maximum Gasteiger partial charge on any atom is 0.00864 e. The summed E-state index contributed by atoms with van der Waals surface area (Å²) in [5.74, 6) is 1.53. The molecule has 0 heteroatoms. The van der Waals surface area contributed by atoms with Gasteiger partial charge in [0.1, 0.15) is 0 Å². The van der Waals surface area contributed by atoms with E-state index in [2.05, 4.69) is 187 Å². The van der Waals surface area contributed by atoms with Crippen LogP contribution in [0.3, 0.4) is 0 Å². The molecule has 0 heterocycles. The number of rotatable bonds is 12. The van der Waals surface area contributed by atoms with Crippen molar-refractivity contribution in [3.63, 3.8) is 0 Å². The third-order valence-corrected chi connectivity index (χ3v) is 11.6. The highest BCUT2D eigenvalue weighted by molar-refractivity contribution is 5.48. The molecule has 1 aliphatic rings. The van der Waals surface area contributed by atoms with Gasteiger partial charge >= 0.3 is 0 Å². The summed E-state index contributed by atoms with van der Waals surface area (Å²) in [7, 11) is 0. The van der Waals surface area contributed by atoms with E-state index in [0.29, 0.717) is 23.7 Å². The van der Waals surface area contributed by atoms with Gasteiger partial charge in [0.05, 0.1) is 0 Å². The molecule has 258 valence electrons. The van der Waals surface area contributed by atoms with Crippen molar-refractivity contribution in [1.82, 2.24) is 0 Å². The zero-order valence-electron chi connectivity index (χ0n) is 34.0. The summed E-state index contributed by atoms with van der Waals surface area (Å²) in [5, 5.41) is 0. The van der Waals surface area contributed by atoms with Crippen LogP contribution in [0.15, 0.2) is 106 Å². The SMILES string of the molecule is C=CCC(/C=C/C(=C(C)C)/C(C)=C\C(C)C(C)(C)C)C(C)(C)C(C)(C)C1=C(C)C=CC(C(=C(C)C)/C(C)=C\C(=C)C(C)(C)C)C1C. The minimum absolute atomic E-state index is 0.0299. The Morgan fingerprint density at radius 1 is 0.870 bits per heavy atom. The molecule has 46 heavy (non-hydrogen) atoms. The Morgan fingerprint density at radius 3 is 1.85 bits per heavy atom. The van der Waals surface area contributed by atoms with Crippen LogP contribution in [-0.2, 0) is 0 Å². The van der Waals surface area contributed by atoms with Crippen LogP contribution in [0.1, 0.15) is 138 Å². The van der Waals surface area contributed by atoms with Gasteiger partial charge in [-0.25, -0.2) is 0 Å². The second kappa shape index (κ2) is 15.7. The van der Waals surface area contributed by atoms with E-state index < -0.39 is 0 Å². The number of allylic oxidation sites excluding steroid dienone is 16. The molecule has 0 N–H and O–H groups in total. The van der Waals surface area contributed by atoms with Gasteiger partial charge in [0.2, 0.25) is 0 Å². The van der Waals surface area contributed by atoms with Gasteiger partial charge < -0.3 is 0 Å². The molecule has 0 aromatic heterocycles. The van der Waals surface area contributed by atoms with Crippen LogP contribution in [0.2, 0.25) is 0 Å². The van der Waals surface area contributed by atoms with Gasteiger partial charge in [0, 0.05) is 5.92 Å². The monoisotopic (exact) mass is 627 g/mol. The van der Waals surface area contributed by atoms with Gasteiger partial charge in [-0.2, -0.15) is 0 Å². The Labute approximate surface area is 288 Å². The lowest BCUT2D eigenvalue weighted by Gasteiger charge is -2.51. The molecule has 0 saturated carbocycles. The quantitative estimate of drug-likeness (QED) is 0.149. The molecule has 1 aliphatic carbocycles. The first-order valence-corrected chi connectivity index (χ1v) is 17.8. The first-order valence-electron chi connectivity index (χ1n) is 17.8. The van der Waals surface area contributed by atoms with Crippen LogP contribution in [0, 0.1) is 45.3 Å². The van der Waals surface area contributed by atoms with Gasteiger partial charge in [0.15, 0.2) is 0 Å². The summed E-state index contributed by atoms with van der Waals surface area (Å²) in [4.78, 5) is 0. The van der Waals surface area contributed by atoms with Gasteiger partial charge in [-0.1, -0.05) is 154 Å². The lowest BCUT2D eigenvalue weighted by Crippen LogP contribution is -2.43. The average molecular weight is 627 g/mol. The predicted octanol–water partition coefficient (Wildman–Crippen LogP) is 14.8. The normalized spacial score (nSPS) is 20.2. The van der Waals surface area contributed by atoms with Gasteiger partial charge in [-0.15, -0.1) is 6.58 Å². The lowest BCUT2D eigenvalue weighted by atomic mass is 9.53. The highest BCUT2D eigenvalue weighted by Crippen LogP contribution is 2.56. The number of hydrogen-bond donors (Lipinski definition) is 0. The fourth-order valence-corrected chi connectivity index (χ4v) is 7.22. The zero-order chi connectivity index (χ0) is 36.2. The molecule has 4 unspecified atom stereocenters. The summed E-state index contributed by atoms with van der Waals surface area (Å²) in [5.41, 5.74) is 12.6. The molecule has 0 fully saturated rings. The molecule has 0 aromatic carbocycles. The summed E-state index contributed by atoms with van der Waals surface area (Å²) in [6, 6.07) is 0. The van der Waals surface area contributed by atoms with Crippen LogP contribution in [-0.4, -0.2) is 0 Å². The Morgan fingerprint density at radius 2 is 1.41 bits per heavy atom. The van der Waals surface area contributed by atoms with E-state index in [9.17, 15) is 0 Å². The second-order valence-electron chi connectivity index (χ2n) is 18.0. The second-order valence-corrected chi connectivity index (χ2v) is 18.0. The molecule has 0 amide bonds. The molecule has 1 rings (SSSR count). The Balaban J connectivity index is 3.70. The molecule has 0 saturated heterocycles. The largest absolute Gasteiger partial charge is 0.103 e. The van der Waals surface area contributed by atoms with E-state index in [1.165, 1.54) is 44.6 Å². The predicted molar refractivity (Wildman–Crippen MR) is 211 cm³/mol. The Hall–Kier alpha value is -2.34. The fourth-order valence-electron chi connectivity index (χ4n) is 7.22. The van der Waals surface area contributed by atoms with Crippen LogP contribution < -0.4 is 0 Å². The first-order chi connectivity index (χ1) is 20.7. The summed E-state index contributed by atoms with van der Waals surface area (Å²) in [6.45, 7) is 53.1. The fraction of sp³-hybridized carbons (Fsp3) is 0.609. The average Bonchev–Trinajstić information content (AvgIpc) is 2.87. The smallest absolute Gasteiger partial charge is 0.00864 e. The van der Waals surface area contributed by atoms with Crippen molar-refractivity contribution >= 4 is 0 Å². The molecular formula is C46H74. The van der Waals surface area contributed by atoms with Crippen molar-refractivity contribution in [2.45, 2.75) is 138 Å². The lowest BCUT2D eigenvalue weighted by molar-refractivity contribution is 0.0831. The summed E-state index contributed by atoms with van der Waals surface area (Å²) in [6.07, 6.45) is 17.6. The highest BCUT2D eigenvalue weighted by Gasteiger charge is 2.47. The minimum Gasteiger partial charge on any atom is -0.103 e. The van der Waals surface area contributed by atoms with Crippen LogP contribution in [0.4, 0.5) is 0 Å². The maximum atomic E-state index is 4.44. The summed E-state index contributed by atoms with van der Waals surface area (Å²) >= 11 is 0. The summed E-state index contributed by atoms with van der Waals surface area (Å²) < 4.78 is 0. The van der Waals surface area contributed by atoms with Crippen LogP contribution >= 0.6 is 0 Å². The van der Waals surface area contributed by atoms with E-state index >= 15 is 0 Å². The topological polar surface area (TPSA) is 0 Å². The minimum atomic E-state index is -0.0618. The number of hydrogen-bond acceptors (Lipinski definition) is 0. The molecule has 0 nitrogen and oxygen atoms in total. The van der Waals surface area contributed by atoms with Crippen molar-refractivity contribution in [1.29, 1.82) is 0 Å². The van der Waals surface area contributed by atoms with Gasteiger partial charge in [0.25, 0.3) is 0 Å². The van der Waals surface area contributed by atoms with Crippen molar-refractivity contribution in [3.8, 4) is 0 Å². The van der Waals surface area contributed by atoms with Crippen molar-refractivity contribution in [2.75, 3.05) is 0 Å². The maximum absolute atomic E-state index is 4.44. The molecule has 0 aromatic rings. The van der Waals surface area contributed by atoms with Crippen LogP contribution in [0.25, 0.3) is 0 Å².